The van der Waals surface area contributed by atoms with Crippen LogP contribution in [0.2, 0.25) is 0 Å². The number of para-hydroxylation sites is 1. The van der Waals surface area contributed by atoms with Gasteiger partial charge >= 0.3 is 0 Å². The van der Waals surface area contributed by atoms with Crippen molar-refractivity contribution < 1.29 is 14.4 Å². The van der Waals surface area contributed by atoms with E-state index in [4.69, 9.17) is 5.73 Å². The van der Waals surface area contributed by atoms with Gasteiger partial charge in [-0.3, -0.25) is 14.4 Å². The van der Waals surface area contributed by atoms with E-state index in [1.165, 1.54) is 0 Å². The third kappa shape index (κ3) is 6.10. The van der Waals surface area contributed by atoms with Gasteiger partial charge in [0.15, 0.2) is 5.62 Å². The van der Waals surface area contributed by atoms with Crippen LogP contribution in [-0.4, -0.2) is 62.1 Å². The summed E-state index contributed by atoms with van der Waals surface area (Å²) in [5.74, 6) is -0.135. The fourth-order valence-electron chi connectivity index (χ4n) is 3.19. The molecular formula is C20H28N4O3S. The maximum atomic E-state index is 12.3. The maximum absolute atomic E-state index is 12.3. The molecular weight excluding hydrogens is 376 g/mol. The van der Waals surface area contributed by atoms with Crippen molar-refractivity contribution in [2.75, 3.05) is 44.7 Å². The molecule has 7 nitrogen and oxygen atoms in total. The number of nitrogens with zero attached hydrogens (tertiary/aromatic N) is 2. The summed E-state index contributed by atoms with van der Waals surface area (Å²) in [7, 11) is 1.54. The van der Waals surface area contributed by atoms with E-state index in [2.05, 4.69) is 10.2 Å². The van der Waals surface area contributed by atoms with Crippen LogP contribution in [0.15, 0.2) is 29.2 Å². The first kappa shape index (κ1) is 22.0. The molecule has 28 heavy (non-hydrogen) atoms. The zero-order valence-corrected chi connectivity index (χ0v) is 17.0. The molecule has 1 aromatic rings. The number of amides is 2. The minimum absolute atomic E-state index is 0.157. The second-order valence-electron chi connectivity index (χ2n) is 6.47. The number of hydrogen-bond donors (Lipinski definition) is 2. The number of carbonyl (C=O) groups excluding carboxylic acids is 3. The van der Waals surface area contributed by atoms with E-state index in [1.54, 1.807) is 13.1 Å². The smallest absolute Gasteiger partial charge is 0.257 e. The molecule has 1 heterocycles. The number of carbonyl (C=O) groups is 3. The normalized spacial score (nSPS) is 15.1. The van der Waals surface area contributed by atoms with Crippen LogP contribution >= 0.6 is 11.8 Å². The van der Waals surface area contributed by atoms with Crippen molar-refractivity contribution in [3.8, 4) is 0 Å². The predicted octanol–water partition coefficient (Wildman–Crippen LogP) is 1.47. The Labute approximate surface area is 170 Å². The van der Waals surface area contributed by atoms with Crippen LogP contribution in [0.5, 0.6) is 0 Å². The summed E-state index contributed by atoms with van der Waals surface area (Å²) in [6, 6.07) is 7.79. The van der Waals surface area contributed by atoms with E-state index in [0.717, 1.165) is 49.1 Å². The highest BCUT2D eigenvalue weighted by atomic mass is 32.2. The highest BCUT2D eigenvalue weighted by molar-refractivity contribution is 8.16. The molecule has 2 amide bonds. The summed E-state index contributed by atoms with van der Waals surface area (Å²) in [6.07, 6.45) is 3.82. The third-order valence-corrected chi connectivity index (χ3v) is 5.29. The summed E-state index contributed by atoms with van der Waals surface area (Å²) >= 11 is 0.862. The molecule has 0 aliphatic carbocycles. The van der Waals surface area contributed by atoms with Gasteiger partial charge in [-0.15, -0.1) is 0 Å². The Morgan fingerprint density at radius 2 is 2.00 bits per heavy atom. The predicted molar refractivity (Wildman–Crippen MR) is 115 cm³/mol. The minimum Gasteiger partial charge on any atom is -0.369 e. The van der Waals surface area contributed by atoms with Crippen molar-refractivity contribution in [2.45, 2.75) is 19.3 Å². The summed E-state index contributed by atoms with van der Waals surface area (Å²) in [5.41, 5.74) is 8.03. The van der Waals surface area contributed by atoms with Crippen LogP contribution in [0.3, 0.4) is 0 Å². The summed E-state index contributed by atoms with van der Waals surface area (Å²) in [4.78, 5) is 39.7. The van der Waals surface area contributed by atoms with Gasteiger partial charge in [0, 0.05) is 45.3 Å². The van der Waals surface area contributed by atoms with Gasteiger partial charge in [-0.05, 0) is 48.9 Å². The molecule has 0 saturated carbocycles. The van der Waals surface area contributed by atoms with Crippen molar-refractivity contribution in [1.29, 1.82) is 0 Å². The highest BCUT2D eigenvalue weighted by Gasteiger charge is 2.20. The fraction of sp³-hybridized carbons (Fsp3) is 0.450. The average molecular weight is 405 g/mol. The van der Waals surface area contributed by atoms with Crippen molar-refractivity contribution in [3.63, 3.8) is 0 Å². The number of nitrogens with two attached hydrogens (primary N) is 1. The molecule has 0 bridgehead atoms. The topological polar surface area (TPSA) is 95.7 Å². The molecule has 1 aliphatic heterocycles. The SMILES string of the molecule is CNC(=O)/C(=C/c1ccccc1N1CCCN(C(=O)CCCN)CC1)SC=O. The average Bonchev–Trinajstić information content (AvgIpc) is 2.97. The maximum Gasteiger partial charge on any atom is 0.257 e. The van der Waals surface area contributed by atoms with Crippen molar-refractivity contribution in [2.24, 2.45) is 5.73 Å². The first-order chi connectivity index (χ1) is 13.6. The second-order valence-corrected chi connectivity index (χ2v) is 7.34. The number of thioether (sulfide) groups is 1. The summed E-state index contributed by atoms with van der Waals surface area (Å²) in [6.45, 7) is 3.46. The Kier molecular flexibility index (Phi) is 9.03. The quantitative estimate of drug-likeness (QED) is 0.503. The Bertz CT molecular complexity index is 723. The van der Waals surface area contributed by atoms with E-state index >= 15 is 0 Å². The Balaban J connectivity index is 2.19. The van der Waals surface area contributed by atoms with E-state index in [0.29, 0.717) is 36.5 Å². The van der Waals surface area contributed by atoms with Crippen LogP contribution in [-0.2, 0) is 14.4 Å². The third-order valence-electron chi connectivity index (χ3n) is 4.63. The zero-order chi connectivity index (χ0) is 20.4. The van der Waals surface area contributed by atoms with Crippen molar-refractivity contribution >= 4 is 41.0 Å². The van der Waals surface area contributed by atoms with Crippen molar-refractivity contribution in [1.82, 2.24) is 10.2 Å². The number of nitrogens with one attached hydrogen (secondary N) is 1. The first-order valence-corrected chi connectivity index (χ1v) is 10.3. The molecule has 0 radical (unpaired) electrons. The molecule has 0 atom stereocenters. The monoisotopic (exact) mass is 404 g/mol. The van der Waals surface area contributed by atoms with Gasteiger partial charge in [-0.2, -0.15) is 0 Å². The molecule has 1 saturated heterocycles. The largest absolute Gasteiger partial charge is 0.369 e. The first-order valence-electron chi connectivity index (χ1n) is 9.46. The molecule has 3 N–H and O–H groups in total. The summed E-state index contributed by atoms with van der Waals surface area (Å²) < 4.78 is 0. The highest BCUT2D eigenvalue weighted by Crippen LogP contribution is 2.27. The molecule has 2 rings (SSSR count). The van der Waals surface area contributed by atoms with Gasteiger partial charge in [-0.25, -0.2) is 0 Å². The van der Waals surface area contributed by atoms with Gasteiger partial charge in [-0.1, -0.05) is 18.2 Å². The zero-order valence-electron chi connectivity index (χ0n) is 16.2. The second kappa shape index (κ2) is 11.5. The lowest BCUT2D eigenvalue weighted by Gasteiger charge is -2.25. The van der Waals surface area contributed by atoms with Crippen LogP contribution in [0.4, 0.5) is 5.69 Å². The number of likely N-dealkylation sites (N-methyl/N-ethyl adjacent to an activating group) is 1. The van der Waals surface area contributed by atoms with Gasteiger partial charge in [0.2, 0.25) is 5.91 Å². The van der Waals surface area contributed by atoms with E-state index in [9.17, 15) is 14.4 Å². The van der Waals surface area contributed by atoms with E-state index in [-0.39, 0.29) is 11.8 Å². The number of benzene rings is 1. The summed E-state index contributed by atoms with van der Waals surface area (Å²) in [5, 5.41) is 2.56. The van der Waals surface area contributed by atoms with Crippen LogP contribution < -0.4 is 16.0 Å². The van der Waals surface area contributed by atoms with E-state index < -0.39 is 0 Å². The molecule has 1 aliphatic rings. The van der Waals surface area contributed by atoms with Crippen LogP contribution in [0.25, 0.3) is 6.08 Å². The molecule has 0 spiro atoms. The fourth-order valence-corrected chi connectivity index (χ4v) is 3.69. The molecule has 0 aromatic heterocycles. The molecule has 0 unspecified atom stereocenters. The molecule has 1 aromatic carbocycles. The molecule has 1 fully saturated rings. The lowest BCUT2D eigenvalue weighted by Crippen LogP contribution is -2.35. The number of anilines is 1. The Morgan fingerprint density at radius 3 is 2.71 bits per heavy atom. The van der Waals surface area contributed by atoms with Gasteiger partial charge in [0.1, 0.15) is 0 Å². The standard InChI is InChI=1S/C20H28N4O3S/c1-22-20(27)18(28-15-25)14-16-6-2-3-7-17(16)23-10-5-11-24(13-12-23)19(26)8-4-9-21/h2-3,6-7,14-15H,4-5,8-13,21H2,1H3,(H,22,27)/b18-14-. The Morgan fingerprint density at radius 1 is 1.21 bits per heavy atom. The number of hydrogen-bond acceptors (Lipinski definition) is 6. The minimum atomic E-state index is -0.292. The lowest BCUT2D eigenvalue weighted by atomic mass is 10.1. The number of rotatable bonds is 8. The van der Waals surface area contributed by atoms with Crippen molar-refractivity contribution in [3.05, 3.63) is 34.7 Å². The van der Waals surface area contributed by atoms with Gasteiger partial charge in [0.05, 0.1) is 4.91 Å². The molecule has 8 heteroatoms. The van der Waals surface area contributed by atoms with Gasteiger partial charge in [0.25, 0.3) is 5.91 Å². The van der Waals surface area contributed by atoms with E-state index in [1.807, 2.05) is 29.2 Å². The van der Waals surface area contributed by atoms with Gasteiger partial charge < -0.3 is 20.9 Å². The lowest BCUT2D eigenvalue weighted by molar-refractivity contribution is -0.131. The van der Waals surface area contributed by atoms with Crippen LogP contribution in [0, 0.1) is 0 Å². The van der Waals surface area contributed by atoms with Crippen LogP contribution in [0.1, 0.15) is 24.8 Å². The Hall–Kier alpha value is -2.32. The molecule has 152 valence electrons.